The van der Waals surface area contributed by atoms with E-state index in [0.29, 0.717) is 0 Å². The van der Waals surface area contributed by atoms with Gasteiger partial charge in [0.1, 0.15) is 0 Å². The van der Waals surface area contributed by atoms with Crippen LogP contribution in [0.5, 0.6) is 0 Å². The summed E-state index contributed by atoms with van der Waals surface area (Å²) in [4.78, 5) is 4.07. The molecule has 0 atom stereocenters. The molecule has 73 valence electrons. The number of benzene rings is 1. The number of fused-ring (bicyclic) bond motifs is 1. The first-order chi connectivity index (χ1) is 6.81. The van der Waals surface area contributed by atoms with Crippen LogP contribution in [0.3, 0.4) is 0 Å². The van der Waals surface area contributed by atoms with Gasteiger partial charge >= 0.3 is 0 Å². The molecule has 2 aromatic rings. The molecule has 2 heteroatoms. The third-order valence-electron chi connectivity index (χ3n) is 2.35. The molecular formula is C13H11NY-2. The number of hydrogen-bond donors (Lipinski definition) is 0. The minimum absolute atomic E-state index is 0. The predicted molar refractivity (Wildman–Crippen MR) is 58.6 cm³/mol. The van der Waals surface area contributed by atoms with Gasteiger partial charge < -0.3 is 17.2 Å². The van der Waals surface area contributed by atoms with E-state index in [2.05, 4.69) is 23.2 Å². The van der Waals surface area contributed by atoms with E-state index < -0.39 is 0 Å². The molecule has 0 unspecified atom stereocenters. The fourth-order valence-corrected chi connectivity index (χ4v) is 1.37. The molecule has 0 saturated carbocycles. The topological polar surface area (TPSA) is 12.9 Å². The van der Waals surface area contributed by atoms with Crippen molar-refractivity contribution in [2.24, 2.45) is 0 Å². The van der Waals surface area contributed by atoms with Gasteiger partial charge in [0.15, 0.2) is 0 Å². The van der Waals surface area contributed by atoms with E-state index in [1.807, 2.05) is 32.2 Å². The molecule has 0 amide bonds. The van der Waals surface area contributed by atoms with Crippen LogP contribution in [0.4, 0.5) is 0 Å². The SMILES string of the molecule is C[C-]=C(C)c1[c-]cc2cnccc2c1.[Y]. The molecule has 0 aliphatic heterocycles. The Morgan fingerprint density at radius 1 is 1.40 bits per heavy atom. The summed E-state index contributed by atoms with van der Waals surface area (Å²) in [6.45, 7) is 3.96. The van der Waals surface area contributed by atoms with Crippen molar-refractivity contribution in [3.8, 4) is 0 Å². The maximum absolute atomic E-state index is 4.07. The number of aromatic nitrogens is 1. The van der Waals surface area contributed by atoms with Gasteiger partial charge in [-0.2, -0.15) is 6.07 Å². The first-order valence-corrected chi connectivity index (χ1v) is 4.58. The van der Waals surface area contributed by atoms with Crippen molar-refractivity contribution in [3.63, 3.8) is 0 Å². The normalized spacial score (nSPS) is 11.2. The van der Waals surface area contributed by atoms with Crippen molar-refractivity contribution in [1.29, 1.82) is 0 Å². The molecule has 15 heavy (non-hydrogen) atoms. The summed E-state index contributed by atoms with van der Waals surface area (Å²) in [7, 11) is 0. The summed E-state index contributed by atoms with van der Waals surface area (Å²) in [5.41, 5.74) is 2.23. The van der Waals surface area contributed by atoms with Gasteiger partial charge in [0.2, 0.25) is 0 Å². The van der Waals surface area contributed by atoms with E-state index in [1.165, 1.54) is 5.39 Å². The van der Waals surface area contributed by atoms with E-state index >= 15 is 0 Å². The molecule has 1 aromatic heterocycles. The van der Waals surface area contributed by atoms with Crippen LogP contribution in [-0.2, 0) is 32.7 Å². The first-order valence-electron chi connectivity index (χ1n) is 4.58. The second-order valence-electron chi connectivity index (χ2n) is 3.23. The minimum Gasteiger partial charge on any atom is -0.327 e. The van der Waals surface area contributed by atoms with Crippen molar-refractivity contribution in [2.75, 3.05) is 0 Å². The number of hydrogen-bond acceptors (Lipinski definition) is 1. The first kappa shape index (κ1) is 12.5. The van der Waals surface area contributed by atoms with Crippen LogP contribution >= 0.6 is 0 Å². The number of allylic oxidation sites excluding steroid dienone is 2. The molecule has 0 spiro atoms. The molecule has 1 nitrogen and oxygen atoms in total. The average molecular weight is 270 g/mol. The average Bonchev–Trinajstić information content (AvgIpc) is 2.27. The van der Waals surface area contributed by atoms with Gasteiger partial charge in [-0.1, -0.05) is 11.5 Å². The summed E-state index contributed by atoms with van der Waals surface area (Å²) in [6, 6.07) is 9.32. The molecular weight excluding hydrogens is 259 g/mol. The molecule has 0 N–H and O–H groups in total. The van der Waals surface area contributed by atoms with Crippen LogP contribution in [0.25, 0.3) is 16.3 Å². The van der Waals surface area contributed by atoms with Crippen LogP contribution in [0, 0.1) is 12.1 Å². The van der Waals surface area contributed by atoms with Gasteiger partial charge in [-0.15, -0.1) is 19.2 Å². The minimum atomic E-state index is 0. The van der Waals surface area contributed by atoms with E-state index in [9.17, 15) is 0 Å². The Bertz CT molecular complexity index is 489. The van der Waals surface area contributed by atoms with Crippen LogP contribution in [0.15, 0.2) is 30.6 Å². The Kier molecular flexibility index (Phi) is 4.62. The zero-order valence-electron chi connectivity index (χ0n) is 8.91. The molecule has 2 rings (SSSR count). The maximum Gasteiger partial charge on any atom is 0.0248 e. The molecule has 0 fully saturated rings. The molecule has 0 aliphatic rings. The van der Waals surface area contributed by atoms with Crippen molar-refractivity contribution >= 4 is 16.3 Å². The molecule has 0 bridgehead atoms. The number of nitrogens with zero attached hydrogens (tertiary/aromatic N) is 1. The Balaban J connectivity index is 0.00000112. The van der Waals surface area contributed by atoms with Crippen molar-refractivity contribution < 1.29 is 32.7 Å². The van der Waals surface area contributed by atoms with Crippen LogP contribution in [0.1, 0.15) is 19.4 Å². The summed E-state index contributed by atoms with van der Waals surface area (Å²) in [5.74, 6) is 0. The largest absolute Gasteiger partial charge is 0.327 e. The molecule has 1 heterocycles. The van der Waals surface area contributed by atoms with Crippen molar-refractivity contribution in [2.45, 2.75) is 13.8 Å². The van der Waals surface area contributed by atoms with Gasteiger partial charge in [0, 0.05) is 38.9 Å². The number of pyridine rings is 1. The Morgan fingerprint density at radius 3 is 2.93 bits per heavy atom. The third kappa shape index (κ3) is 2.73. The zero-order valence-corrected chi connectivity index (χ0v) is 11.7. The van der Waals surface area contributed by atoms with E-state index in [4.69, 9.17) is 0 Å². The Labute approximate surface area is 115 Å². The van der Waals surface area contributed by atoms with Gasteiger partial charge in [-0.25, -0.2) is 12.1 Å². The predicted octanol–water partition coefficient (Wildman–Crippen LogP) is 3.26. The van der Waals surface area contributed by atoms with E-state index in [-0.39, 0.29) is 32.7 Å². The van der Waals surface area contributed by atoms with Crippen LogP contribution in [0.2, 0.25) is 0 Å². The standard InChI is InChI=1S/C13H11N.Y/c1-3-10(2)11-4-5-13-9-14-7-6-12(13)8-11;/h5-9H,1-2H3;/q-2;. The van der Waals surface area contributed by atoms with Gasteiger partial charge in [0.25, 0.3) is 0 Å². The Hall–Kier alpha value is -0.526. The summed E-state index contributed by atoms with van der Waals surface area (Å²) < 4.78 is 0. The summed E-state index contributed by atoms with van der Waals surface area (Å²) >= 11 is 0. The summed E-state index contributed by atoms with van der Waals surface area (Å²) in [6.07, 6.45) is 6.77. The fourth-order valence-electron chi connectivity index (χ4n) is 1.37. The van der Waals surface area contributed by atoms with Crippen molar-refractivity contribution in [1.82, 2.24) is 4.98 Å². The third-order valence-corrected chi connectivity index (χ3v) is 2.35. The smallest absolute Gasteiger partial charge is 0.0248 e. The van der Waals surface area contributed by atoms with Gasteiger partial charge in [-0.3, -0.25) is 4.98 Å². The molecule has 0 saturated heterocycles. The van der Waals surface area contributed by atoms with Crippen LogP contribution < -0.4 is 0 Å². The van der Waals surface area contributed by atoms with E-state index in [1.54, 1.807) is 6.20 Å². The second kappa shape index (κ2) is 5.53. The molecule has 1 aromatic carbocycles. The van der Waals surface area contributed by atoms with Gasteiger partial charge in [-0.05, 0) is 6.20 Å². The monoisotopic (exact) mass is 270 g/mol. The number of rotatable bonds is 1. The zero-order chi connectivity index (χ0) is 9.97. The second-order valence-corrected chi connectivity index (χ2v) is 3.23. The van der Waals surface area contributed by atoms with Crippen LogP contribution in [-0.4, -0.2) is 4.98 Å². The summed E-state index contributed by atoms with van der Waals surface area (Å²) in [5, 5.41) is 2.32. The maximum atomic E-state index is 4.07. The van der Waals surface area contributed by atoms with Crippen molar-refractivity contribution in [3.05, 3.63) is 48.3 Å². The van der Waals surface area contributed by atoms with E-state index in [0.717, 1.165) is 16.5 Å². The molecule has 1 radical (unpaired) electrons. The molecule has 0 aliphatic carbocycles. The van der Waals surface area contributed by atoms with Gasteiger partial charge in [0.05, 0.1) is 0 Å². The Morgan fingerprint density at radius 2 is 2.20 bits per heavy atom. The fraction of sp³-hybridized carbons (Fsp3) is 0.154. The quantitative estimate of drug-likeness (QED) is 0.725.